The van der Waals surface area contributed by atoms with Crippen molar-refractivity contribution >= 4 is 33.4 Å². The second kappa shape index (κ2) is 6.32. The first-order valence-electron chi connectivity index (χ1n) is 4.62. The summed E-state index contributed by atoms with van der Waals surface area (Å²) in [5.74, 6) is 1.05. The minimum atomic E-state index is 0.856. The van der Waals surface area contributed by atoms with Gasteiger partial charge in [-0.25, -0.2) is 0 Å². The van der Waals surface area contributed by atoms with Crippen LogP contribution in [0.5, 0.6) is 0 Å². The van der Waals surface area contributed by atoms with Crippen LogP contribution < -0.4 is 11.1 Å². The first-order valence-corrected chi connectivity index (χ1v) is 6.40. The van der Waals surface area contributed by atoms with Crippen LogP contribution >= 0.6 is 27.7 Å². The maximum absolute atomic E-state index is 5.84. The highest BCUT2D eigenvalue weighted by atomic mass is 79.9. The first kappa shape index (κ1) is 11.9. The van der Waals surface area contributed by atoms with E-state index < -0.39 is 0 Å². The van der Waals surface area contributed by atoms with E-state index in [9.17, 15) is 0 Å². The Hall–Kier alpha value is -0.190. The fourth-order valence-corrected chi connectivity index (χ4v) is 2.47. The van der Waals surface area contributed by atoms with Gasteiger partial charge in [0, 0.05) is 27.4 Å². The lowest BCUT2D eigenvalue weighted by atomic mass is 10.3. The van der Waals surface area contributed by atoms with Gasteiger partial charge in [-0.15, -0.1) is 11.8 Å². The largest absolute Gasteiger partial charge is 0.398 e. The predicted octanol–water partition coefficient (Wildman–Crippen LogP) is 2.73. The predicted molar refractivity (Wildman–Crippen MR) is 67.8 cm³/mol. The van der Waals surface area contributed by atoms with Gasteiger partial charge in [-0.05, 0) is 24.7 Å². The molecule has 3 N–H and O–H groups in total. The molecule has 0 atom stereocenters. The number of nitrogens with one attached hydrogen (secondary N) is 1. The lowest BCUT2D eigenvalue weighted by molar-refractivity contribution is 0.768. The van der Waals surface area contributed by atoms with E-state index in [0.717, 1.165) is 33.9 Å². The Labute approximate surface area is 97.8 Å². The molecule has 0 aliphatic heterocycles. The maximum Gasteiger partial charge on any atom is 0.0453 e. The van der Waals surface area contributed by atoms with Crippen LogP contribution in [-0.4, -0.2) is 18.8 Å². The summed E-state index contributed by atoms with van der Waals surface area (Å²) in [5, 5.41) is 3.28. The van der Waals surface area contributed by atoms with E-state index in [0.29, 0.717) is 0 Å². The van der Waals surface area contributed by atoms with Gasteiger partial charge < -0.3 is 11.1 Å². The van der Waals surface area contributed by atoms with Gasteiger partial charge in [0.2, 0.25) is 0 Å². The normalized spacial score (nSPS) is 10.4. The highest BCUT2D eigenvalue weighted by molar-refractivity contribution is 9.10. The number of halogens is 1. The van der Waals surface area contributed by atoms with Crippen LogP contribution in [0, 0.1) is 0 Å². The average molecular weight is 275 g/mol. The van der Waals surface area contributed by atoms with E-state index in [-0.39, 0.29) is 0 Å². The van der Waals surface area contributed by atoms with Crippen LogP contribution in [0.2, 0.25) is 0 Å². The van der Waals surface area contributed by atoms with E-state index in [1.165, 1.54) is 0 Å². The van der Waals surface area contributed by atoms with Crippen LogP contribution in [0.4, 0.5) is 5.69 Å². The third-order valence-electron chi connectivity index (χ3n) is 1.76. The third-order valence-corrected chi connectivity index (χ3v) is 3.33. The lowest BCUT2D eigenvalue weighted by Crippen LogP contribution is -2.15. The number of thioether (sulfide) groups is 1. The highest BCUT2D eigenvalue weighted by Crippen LogP contribution is 2.27. The van der Waals surface area contributed by atoms with Crippen molar-refractivity contribution in [3.63, 3.8) is 0 Å². The zero-order valence-electron chi connectivity index (χ0n) is 8.22. The van der Waals surface area contributed by atoms with E-state index in [1.54, 1.807) is 11.8 Å². The summed E-state index contributed by atoms with van der Waals surface area (Å²) in [4.78, 5) is 1.15. The van der Waals surface area contributed by atoms with Gasteiger partial charge in [0.05, 0.1) is 0 Å². The van der Waals surface area contributed by atoms with Crippen molar-refractivity contribution < 1.29 is 0 Å². The van der Waals surface area contributed by atoms with Crippen LogP contribution in [0.3, 0.4) is 0 Å². The Balaban J connectivity index is 2.45. The number of hydrogen-bond acceptors (Lipinski definition) is 3. The first-order chi connectivity index (χ1) is 6.74. The van der Waals surface area contributed by atoms with E-state index in [1.807, 2.05) is 12.1 Å². The minimum absolute atomic E-state index is 0.856. The summed E-state index contributed by atoms with van der Waals surface area (Å²) in [7, 11) is 0. The molecule has 0 fully saturated rings. The quantitative estimate of drug-likeness (QED) is 0.493. The Bertz CT molecular complexity index is 291. The molecule has 1 aromatic rings. The van der Waals surface area contributed by atoms with Gasteiger partial charge >= 0.3 is 0 Å². The van der Waals surface area contributed by atoms with Crippen molar-refractivity contribution in [2.75, 3.05) is 24.6 Å². The molecule has 0 aliphatic rings. The molecule has 0 aromatic heterocycles. The molecule has 0 saturated carbocycles. The molecule has 1 rings (SSSR count). The number of rotatable bonds is 5. The summed E-state index contributed by atoms with van der Waals surface area (Å²) < 4.78 is 1.08. The molecule has 1 aromatic carbocycles. The van der Waals surface area contributed by atoms with Gasteiger partial charge in [-0.1, -0.05) is 22.9 Å². The van der Waals surface area contributed by atoms with Gasteiger partial charge in [-0.3, -0.25) is 0 Å². The lowest BCUT2D eigenvalue weighted by Gasteiger charge is -2.06. The maximum atomic E-state index is 5.84. The van der Waals surface area contributed by atoms with Crippen LogP contribution in [-0.2, 0) is 0 Å². The number of benzene rings is 1. The standard InChI is InChI=1S/C10H15BrN2S/c1-2-13-5-6-14-10-7-8(11)3-4-9(10)12/h3-4,7,13H,2,5-6,12H2,1H3. The topological polar surface area (TPSA) is 38.0 Å². The van der Waals surface area contributed by atoms with E-state index in [4.69, 9.17) is 5.73 Å². The van der Waals surface area contributed by atoms with Crippen LogP contribution in [0.25, 0.3) is 0 Å². The summed E-state index contributed by atoms with van der Waals surface area (Å²) in [6.45, 7) is 4.15. The van der Waals surface area contributed by atoms with Gasteiger partial charge in [-0.2, -0.15) is 0 Å². The average Bonchev–Trinajstić information content (AvgIpc) is 2.18. The molecule has 4 heteroatoms. The molecule has 0 heterocycles. The zero-order chi connectivity index (χ0) is 10.4. The highest BCUT2D eigenvalue weighted by Gasteiger charge is 1.99. The molecular formula is C10H15BrN2S. The van der Waals surface area contributed by atoms with Crippen LogP contribution in [0.15, 0.2) is 27.6 Å². The molecule has 78 valence electrons. The Kier molecular flexibility index (Phi) is 5.37. The zero-order valence-corrected chi connectivity index (χ0v) is 10.6. The number of nitrogens with two attached hydrogens (primary N) is 1. The number of anilines is 1. The monoisotopic (exact) mass is 274 g/mol. The molecule has 0 unspecified atom stereocenters. The summed E-state index contributed by atoms with van der Waals surface area (Å²) in [6.07, 6.45) is 0. The number of hydrogen-bond donors (Lipinski definition) is 2. The Morgan fingerprint density at radius 2 is 2.29 bits per heavy atom. The second-order valence-electron chi connectivity index (χ2n) is 2.88. The third kappa shape index (κ3) is 3.90. The summed E-state index contributed by atoms with van der Waals surface area (Å²) in [5.41, 5.74) is 6.70. The molecule has 2 nitrogen and oxygen atoms in total. The smallest absolute Gasteiger partial charge is 0.0453 e. The molecule has 0 bridgehead atoms. The molecular weight excluding hydrogens is 260 g/mol. The fourth-order valence-electron chi connectivity index (χ4n) is 1.04. The van der Waals surface area contributed by atoms with Crippen molar-refractivity contribution in [1.29, 1.82) is 0 Å². The number of nitrogen functional groups attached to an aromatic ring is 1. The van der Waals surface area contributed by atoms with E-state index in [2.05, 4.69) is 34.2 Å². The molecule has 0 spiro atoms. The fraction of sp³-hybridized carbons (Fsp3) is 0.400. The Morgan fingerprint density at radius 3 is 3.00 bits per heavy atom. The van der Waals surface area contributed by atoms with Crippen molar-refractivity contribution in [1.82, 2.24) is 5.32 Å². The van der Waals surface area contributed by atoms with Gasteiger partial charge in [0.1, 0.15) is 0 Å². The van der Waals surface area contributed by atoms with Gasteiger partial charge in [0.25, 0.3) is 0 Å². The minimum Gasteiger partial charge on any atom is -0.398 e. The summed E-state index contributed by atoms with van der Waals surface area (Å²) in [6, 6.07) is 5.95. The van der Waals surface area contributed by atoms with E-state index >= 15 is 0 Å². The second-order valence-corrected chi connectivity index (χ2v) is 4.94. The van der Waals surface area contributed by atoms with Crippen molar-refractivity contribution in [3.05, 3.63) is 22.7 Å². The molecule has 14 heavy (non-hydrogen) atoms. The SMILES string of the molecule is CCNCCSc1cc(Br)ccc1N. The van der Waals surface area contributed by atoms with Crippen molar-refractivity contribution in [2.45, 2.75) is 11.8 Å². The van der Waals surface area contributed by atoms with Crippen molar-refractivity contribution in [3.8, 4) is 0 Å². The van der Waals surface area contributed by atoms with Gasteiger partial charge in [0.15, 0.2) is 0 Å². The molecule has 0 radical (unpaired) electrons. The Morgan fingerprint density at radius 1 is 1.50 bits per heavy atom. The van der Waals surface area contributed by atoms with Crippen molar-refractivity contribution in [2.24, 2.45) is 0 Å². The molecule has 0 saturated heterocycles. The van der Waals surface area contributed by atoms with Crippen LogP contribution in [0.1, 0.15) is 6.92 Å². The molecule has 0 aliphatic carbocycles. The molecule has 0 amide bonds. The summed E-state index contributed by atoms with van der Waals surface area (Å²) >= 11 is 5.22.